The zero-order chi connectivity index (χ0) is 11.7. The van der Waals surface area contributed by atoms with E-state index in [1.165, 1.54) is 4.68 Å². The van der Waals surface area contributed by atoms with Crippen molar-refractivity contribution in [3.63, 3.8) is 0 Å². The first kappa shape index (κ1) is 10.5. The second-order valence-corrected chi connectivity index (χ2v) is 3.71. The second-order valence-electron chi connectivity index (χ2n) is 3.71. The van der Waals surface area contributed by atoms with Crippen molar-refractivity contribution in [2.45, 2.75) is 6.92 Å². The molecule has 0 spiro atoms. The number of anilines is 1. The molecule has 0 bridgehead atoms. The van der Waals surface area contributed by atoms with Crippen molar-refractivity contribution in [2.24, 2.45) is 0 Å². The Morgan fingerprint density at radius 1 is 1.25 bits per heavy atom. The van der Waals surface area contributed by atoms with Gasteiger partial charge in [0, 0.05) is 26.7 Å². The number of hydrogen-bond acceptors (Lipinski definition) is 4. The molecule has 5 heteroatoms. The fraction of sp³-hybridized carbons (Fsp3) is 0.273. The van der Waals surface area contributed by atoms with Crippen molar-refractivity contribution in [1.82, 2.24) is 9.78 Å². The van der Waals surface area contributed by atoms with E-state index < -0.39 is 5.76 Å². The van der Waals surface area contributed by atoms with Gasteiger partial charge in [-0.25, -0.2) is 4.79 Å². The molecule has 16 heavy (non-hydrogen) atoms. The summed E-state index contributed by atoms with van der Waals surface area (Å²) < 4.78 is 6.08. The van der Waals surface area contributed by atoms with Crippen LogP contribution in [-0.4, -0.2) is 23.9 Å². The number of rotatable bonds is 2. The van der Waals surface area contributed by atoms with E-state index in [9.17, 15) is 4.79 Å². The minimum Gasteiger partial charge on any atom is -0.392 e. The van der Waals surface area contributed by atoms with Gasteiger partial charge < -0.3 is 9.32 Å². The summed E-state index contributed by atoms with van der Waals surface area (Å²) in [4.78, 5) is 13.4. The number of benzene rings is 1. The Hall–Kier alpha value is -2.04. The lowest BCUT2D eigenvalue weighted by Gasteiger charge is -2.12. The van der Waals surface area contributed by atoms with Crippen molar-refractivity contribution in [2.75, 3.05) is 19.0 Å². The highest BCUT2D eigenvalue weighted by Gasteiger charge is 2.06. The minimum absolute atomic E-state index is 0.363. The van der Waals surface area contributed by atoms with Crippen LogP contribution in [0.4, 0.5) is 5.69 Å². The summed E-state index contributed by atoms with van der Waals surface area (Å²) in [5, 5.41) is 3.98. The Kier molecular flexibility index (Phi) is 2.52. The quantitative estimate of drug-likeness (QED) is 0.761. The molecular weight excluding hydrogens is 206 g/mol. The highest BCUT2D eigenvalue weighted by Crippen LogP contribution is 2.13. The maximum absolute atomic E-state index is 11.4. The van der Waals surface area contributed by atoms with E-state index in [1.54, 1.807) is 6.92 Å². The molecule has 0 unspecified atom stereocenters. The summed E-state index contributed by atoms with van der Waals surface area (Å²) in [7, 11) is 3.92. The van der Waals surface area contributed by atoms with Crippen molar-refractivity contribution in [1.29, 1.82) is 0 Å². The lowest BCUT2D eigenvalue weighted by atomic mass is 10.3. The van der Waals surface area contributed by atoms with Gasteiger partial charge in [-0.2, -0.15) is 4.68 Å². The lowest BCUT2D eigenvalue weighted by molar-refractivity contribution is 0.477. The summed E-state index contributed by atoms with van der Waals surface area (Å²) in [6, 6.07) is 7.51. The Labute approximate surface area is 92.9 Å². The Balaban J connectivity index is 2.42. The highest BCUT2D eigenvalue weighted by molar-refractivity contribution is 5.49. The van der Waals surface area contributed by atoms with Crippen LogP contribution in [0, 0.1) is 6.92 Å². The Morgan fingerprint density at radius 3 is 2.31 bits per heavy atom. The third-order valence-electron chi connectivity index (χ3n) is 2.26. The van der Waals surface area contributed by atoms with E-state index in [2.05, 4.69) is 5.10 Å². The molecule has 5 nitrogen and oxygen atoms in total. The van der Waals surface area contributed by atoms with Crippen molar-refractivity contribution in [3.05, 3.63) is 40.7 Å². The standard InChI is InChI=1S/C11H13N3O2/c1-8-12-14(11(15)16-8)10-6-4-9(5-7-10)13(2)3/h4-7H,1-3H3. The van der Waals surface area contributed by atoms with E-state index in [1.807, 2.05) is 43.3 Å². The van der Waals surface area contributed by atoms with Gasteiger partial charge in [0.1, 0.15) is 0 Å². The Bertz CT molecular complexity index is 537. The molecular formula is C11H13N3O2. The predicted octanol–water partition coefficient (Wildman–Crippen LogP) is 1.20. The van der Waals surface area contributed by atoms with Gasteiger partial charge >= 0.3 is 5.76 Å². The first-order valence-electron chi connectivity index (χ1n) is 4.92. The maximum atomic E-state index is 11.4. The third-order valence-corrected chi connectivity index (χ3v) is 2.26. The van der Waals surface area contributed by atoms with Gasteiger partial charge in [0.15, 0.2) is 0 Å². The van der Waals surface area contributed by atoms with Gasteiger partial charge in [-0.15, -0.1) is 5.10 Å². The minimum atomic E-state index is -0.463. The van der Waals surface area contributed by atoms with E-state index in [4.69, 9.17) is 4.42 Å². The van der Waals surface area contributed by atoms with Gasteiger partial charge in [-0.1, -0.05) is 0 Å². The molecule has 0 atom stereocenters. The summed E-state index contributed by atoms with van der Waals surface area (Å²) >= 11 is 0. The van der Waals surface area contributed by atoms with Crippen molar-refractivity contribution >= 4 is 5.69 Å². The van der Waals surface area contributed by atoms with Crippen LogP contribution in [0.25, 0.3) is 5.69 Å². The summed E-state index contributed by atoms with van der Waals surface area (Å²) in [6.07, 6.45) is 0. The first-order chi connectivity index (χ1) is 7.58. The predicted molar refractivity (Wildman–Crippen MR) is 61.2 cm³/mol. The van der Waals surface area contributed by atoms with E-state index >= 15 is 0 Å². The van der Waals surface area contributed by atoms with Crippen LogP contribution in [-0.2, 0) is 0 Å². The topological polar surface area (TPSA) is 51.3 Å². The average molecular weight is 219 g/mol. The molecule has 84 valence electrons. The smallest absolute Gasteiger partial charge is 0.392 e. The van der Waals surface area contributed by atoms with Crippen molar-refractivity contribution in [3.8, 4) is 5.69 Å². The zero-order valence-corrected chi connectivity index (χ0v) is 9.47. The normalized spacial score (nSPS) is 10.4. The number of aryl methyl sites for hydroxylation is 1. The molecule has 0 aliphatic heterocycles. The van der Waals surface area contributed by atoms with Gasteiger partial charge in [0.05, 0.1) is 5.69 Å². The van der Waals surface area contributed by atoms with Crippen LogP contribution in [0.1, 0.15) is 5.89 Å². The van der Waals surface area contributed by atoms with Crippen LogP contribution in [0.2, 0.25) is 0 Å². The maximum Gasteiger partial charge on any atom is 0.441 e. The van der Waals surface area contributed by atoms with Gasteiger partial charge in [-0.05, 0) is 24.3 Å². The second kappa shape index (κ2) is 3.84. The van der Waals surface area contributed by atoms with E-state index in [0.29, 0.717) is 11.6 Å². The third kappa shape index (κ3) is 1.84. The fourth-order valence-corrected chi connectivity index (χ4v) is 1.43. The summed E-state index contributed by atoms with van der Waals surface area (Å²) in [5.41, 5.74) is 1.77. The van der Waals surface area contributed by atoms with Crippen LogP contribution >= 0.6 is 0 Å². The Morgan fingerprint density at radius 2 is 1.88 bits per heavy atom. The molecule has 1 aromatic heterocycles. The monoisotopic (exact) mass is 219 g/mol. The molecule has 0 aliphatic carbocycles. The molecule has 0 radical (unpaired) electrons. The first-order valence-corrected chi connectivity index (χ1v) is 4.92. The van der Waals surface area contributed by atoms with E-state index in [0.717, 1.165) is 5.69 Å². The molecule has 0 amide bonds. The summed E-state index contributed by atoms with van der Waals surface area (Å²) in [5.74, 6) is -0.100. The molecule has 0 saturated carbocycles. The molecule has 0 aliphatic rings. The lowest BCUT2D eigenvalue weighted by Crippen LogP contribution is -2.14. The molecule has 0 fully saturated rings. The average Bonchev–Trinajstić information content (AvgIpc) is 2.58. The van der Waals surface area contributed by atoms with Crippen LogP contribution in [0.5, 0.6) is 0 Å². The summed E-state index contributed by atoms with van der Waals surface area (Å²) in [6.45, 7) is 1.64. The highest BCUT2D eigenvalue weighted by atomic mass is 16.4. The molecule has 0 N–H and O–H groups in total. The molecule has 2 rings (SSSR count). The van der Waals surface area contributed by atoms with Crippen LogP contribution in [0.3, 0.4) is 0 Å². The number of hydrogen-bond donors (Lipinski definition) is 0. The molecule has 0 saturated heterocycles. The van der Waals surface area contributed by atoms with Crippen molar-refractivity contribution < 1.29 is 4.42 Å². The number of aromatic nitrogens is 2. The van der Waals surface area contributed by atoms with Crippen LogP contribution < -0.4 is 10.7 Å². The van der Waals surface area contributed by atoms with Gasteiger partial charge in [0.2, 0.25) is 5.89 Å². The zero-order valence-electron chi connectivity index (χ0n) is 9.47. The van der Waals surface area contributed by atoms with Crippen LogP contribution in [0.15, 0.2) is 33.5 Å². The van der Waals surface area contributed by atoms with Gasteiger partial charge in [0.25, 0.3) is 0 Å². The SMILES string of the molecule is Cc1nn(-c2ccc(N(C)C)cc2)c(=O)o1. The molecule has 2 aromatic rings. The molecule has 1 aromatic carbocycles. The van der Waals surface area contributed by atoms with E-state index in [-0.39, 0.29) is 0 Å². The largest absolute Gasteiger partial charge is 0.441 e. The molecule has 1 heterocycles. The fourth-order valence-electron chi connectivity index (χ4n) is 1.43. The van der Waals surface area contributed by atoms with Gasteiger partial charge in [-0.3, -0.25) is 0 Å². The number of nitrogens with zero attached hydrogens (tertiary/aromatic N) is 3.